The summed E-state index contributed by atoms with van der Waals surface area (Å²) in [6.07, 6.45) is 1.87. The van der Waals surface area contributed by atoms with E-state index < -0.39 is 0 Å². The number of pyridine rings is 1. The van der Waals surface area contributed by atoms with Gasteiger partial charge >= 0.3 is 5.69 Å². The van der Waals surface area contributed by atoms with Gasteiger partial charge in [0.2, 0.25) is 0 Å². The highest BCUT2D eigenvalue weighted by Gasteiger charge is 2.21. The summed E-state index contributed by atoms with van der Waals surface area (Å²) >= 11 is 0. The first-order chi connectivity index (χ1) is 16.9. The lowest BCUT2D eigenvalue weighted by Gasteiger charge is -2.28. The van der Waals surface area contributed by atoms with Crippen LogP contribution in [-0.4, -0.2) is 59.5 Å². The van der Waals surface area contributed by atoms with Crippen molar-refractivity contribution in [2.24, 2.45) is 0 Å². The lowest BCUT2D eigenvalue weighted by atomic mass is 10.1. The first-order valence-electron chi connectivity index (χ1n) is 11.9. The summed E-state index contributed by atoms with van der Waals surface area (Å²) in [6.45, 7) is 9.37. The summed E-state index contributed by atoms with van der Waals surface area (Å²) in [5, 5.41) is 0. The van der Waals surface area contributed by atoms with Crippen molar-refractivity contribution in [3.63, 3.8) is 0 Å². The molecule has 0 radical (unpaired) electrons. The third kappa shape index (κ3) is 4.10. The Hall–Kier alpha value is -3.59. The van der Waals surface area contributed by atoms with E-state index in [0.717, 1.165) is 41.2 Å². The first kappa shape index (κ1) is 23.2. The van der Waals surface area contributed by atoms with Crippen LogP contribution in [-0.2, 0) is 11.3 Å². The lowest BCUT2D eigenvalue weighted by Crippen LogP contribution is -2.36. The molecular formula is C26H31N5O4. The molecule has 4 aromatic rings. The van der Waals surface area contributed by atoms with Crippen molar-refractivity contribution < 1.29 is 14.2 Å². The fourth-order valence-electron chi connectivity index (χ4n) is 4.79. The number of morpholine rings is 1. The number of aryl methyl sites for hydroxylation is 1. The zero-order valence-electron chi connectivity index (χ0n) is 20.9. The Morgan fingerprint density at radius 3 is 2.37 bits per heavy atom. The van der Waals surface area contributed by atoms with Gasteiger partial charge in [0.1, 0.15) is 17.0 Å². The standard InChI is InChI=1S/C26H31N5O4/c1-16(2)23-17(3)31-25(28-23)24-22(12-19(14-27-24)29-6-8-35-9-7-29)30(26(31)32)15-18-10-20(33-4)13-21(11-18)34-5/h10-14,16H,6-9,15H2,1-5H3. The minimum atomic E-state index is -0.146. The highest BCUT2D eigenvalue weighted by atomic mass is 16.5. The quantitative estimate of drug-likeness (QED) is 0.421. The predicted octanol–water partition coefficient (Wildman–Crippen LogP) is 3.38. The molecule has 0 N–H and O–H groups in total. The molecular weight excluding hydrogens is 446 g/mol. The first-order valence-corrected chi connectivity index (χ1v) is 11.9. The Morgan fingerprint density at radius 2 is 1.74 bits per heavy atom. The maximum Gasteiger partial charge on any atom is 0.335 e. The number of aromatic nitrogens is 4. The molecule has 0 amide bonds. The second-order valence-corrected chi connectivity index (χ2v) is 9.15. The number of nitrogens with zero attached hydrogens (tertiary/aromatic N) is 5. The molecule has 1 aromatic carbocycles. The van der Waals surface area contributed by atoms with Crippen LogP contribution < -0.4 is 20.1 Å². The summed E-state index contributed by atoms with van der Waals surface area (Å²) in [5.74, 6) is 1.53. The van der Waals surface area contributed by atoms with E-state index in [2.05, 4.69) is 18.7 Å². The minimum Gasteiger partial charge on any atom is -0.497 e. The lowest BCUT2D eigenvalue weighted by molar-refractivity contribution is 0.122. The monoisotopic (exact) mass is 477 g/mol. The Morgan fingerprint density at radius 1 is 1.06 bits per heavy atom. The number of methoxy groups -OCH3 is 2. The Labute approximate surface area is 203 Å². The van der Waals surface area contributed by atoms with Gasteiger partial charge in [0.25, 0.3) is 0 Å². The molecule has 0 bridgehead atoms. The van der Waals surface area contributed by atoms with Gasteiger partial charge in [-0.2, -0.15) is 0 Å². The molecule has 0 atom stereocenters. The molecule has 1 saturated heterocycles. The predicted molar refractivity (Wildman–Crippen MR) is 135 cm³/mol. The summed E-state index contributed by atoms with van der Waals surface area (Å²) in [6, 6.07) is 7.71. The van der Waals surface area contributed by atoms with Crippen LogP contribution in [0.5, 0.6) is 11.5 Å². The third-order valence-electron chi connectivity index (χ3n) is 6.60. The van der Waals surface area contributed by atoms with E-state index in [0.29, 0.717) is 42.4 Å². The van der Waals surface area contributed by atoms with Gasteiger partial charge in [0.05, 0.1) is 57.1 Å². The number of imidazole rings is 1. The fourth-order valence-corrected chi connectivity index (χ4v) is 4.79. The number of rotatable bonds is 6. The Balaban J connectivity index is 1.76. The van der Waals surface area contributed by atoms with E-state index in [1.807, 2.05) is 37.4 Å². The van der Waals surface area contributed by atoms with Crippen LogP contribution in [0.2, 0.25) is 0 Å². The van der Waals surface area contributed by atoms with Gasteiger partial charge in [-0.15, -0.1) is 0 Å². The van der Waals surface area contributed by atoms with Crippen LogP contribution in [0.15, 0.2) is 35.3 Å². The van der Waals surface area contributed by atoms with Gasteiger partial charge in [0.15, 0.2) is 5.65 Å². The number of hydrogen-bond acceptors (Lipinski definition) is 7. The van der Waals surface area contributed by atoms with Crippen molar-refractivity contribution >= 4 is 22.4 Å². The van der Waals surface area contributed by atoms with Gasteiger partial charge in [-0.3, -0.25) is 4.57 Å². The van der Waals surface area contributed by atoms with Gasteiger partial charge in [-0.1, -0.05) is 13.8 Å². The second-order valence-electron chi connectivity index (χ2n) is 9.15. The molecule has 3 aromatic heterocycles. The SMILES string of the molecule is COc1cc(Cn2c(=O)n3c(C)c(C(C)C)nc3c3ncc(N4CCOCC4)cc32)cc(OC)c1. The molecule has 1 aliphatic heterocycles. The third-order valence-corrected chi connectivity index (χ3v) is 6.60. The molecule has 184 valence electrons. The van der Waals surface area contributed by atoms with E-state index in [9.17, 15) is 4.79 Å². The molecule has 0 aliphatic carbocycles. The van der Waals surface area contributed by atoms with E-state index in [1.165, 1.54) is 0 Å². The highest BCUT2D eigenvalue weighted by Crippen LogP contribution is 2.28. The summed E-state index contributed by atoms with van der Waals surface area (Å²) in [4.78, 5) is 25.9. The van der Waals surface area contributed by atoms with Crippen molar-refractivity contribution in [1.82, 2.24) is 18.9 Å². The molecule has 1 fully saturated rings. The van der Waals surface area contributed by atoms with Gasteiger partial charge < -0.3 is 19.1 Å². The van der Waals surface area contributed by atoms with Gasteiger partial charge in [-0.05, 0) is 36.6 Å². The van der Waals surface area contributed by atoms with Gasteiger partial charge in [-0.25, -0.2) is 19.2 Å². The molecule has 9 nitrogen and oxygen atoms in total. The largest absolute Gasteiger partial charge is 0.497 e. The zero-order valence-corrected chi connectivity index (χ0v) is 20.9. The average molecular weight is 478 g/mol. The summed E-state index contributed by atoms with van der Waals surface area (Å²) < 4.78 is 19.9. The number of benzene rings is 1. The van der Waals surface area contributed by atoms with Crippen LogP contribution in [0.4, 0.5) is 5.69 Å². The second kappa shape index (κ2) is 9.22. The fraction of sp³-hybridized carbons (Fsp3) is 0.423. The van der Waals surface area contributed by atoms with E-state index in [-0.39, 0.29) is 11.6 Å². The Kier molecular flexibility index (Phi) is 6.10. The maximum absolute atomic E-state index is 14.0. The highest BCUT2D eigenvalue weighted by molar-refractivity contribution is 5.90. The van der Waals surface area contributed by atoms with Crippen LogP contribution >= 0.6 is 0 Å². The number of hydrogen-bond donors (Lipinski definition) is 0. The topological polar surface area (TPSA) is 83.1 Å². The molecule has 4 heterocycles. The summed E-state index contributed by atoms with van der Waals surface area (Å²) in [5.41, 5.74) is 5.50. The van der Waals surface area contributed by atoms with Crippen molar-refractivity contribution in [2.75, 3.05) is 45.4 Å². The average Bonchev–Trinajstić information content (AvgIpc) is 3.24. The molecule has 1 aliphatic rings. The molecule has 35 heavy (non-hydrogen) atoms. The smallest absolute Gasteiger partial charge is 0.335 e. The molecule has 5 rings (SSSR count). The van der Waals surface area contributed by atoms with Crippen LogP contribution in [0.1, 0.15) is 36.7 Å². The van der Waals surface area contributed by atoms with Crippen LogP contribution in [0.25, 0.3) is 16.7 Å². The Bertz CT molecular complexity index is 1430. The van der Waals surface area contributed by atoms with Crippen LogP contribution in [0, 0.1) is 6.92 Å². The van der Waals surface area contributed by atoms with Crippen LogP contribution in [0.3, 0.4) is 0 Å². The van der Waals surface area contributed by atoms with E-state index in [1.54, 1.807) is 23.2 Å². The van der Waals surface area contributed by atoms with Gasteiger partial charge in [0, 0.05) is 24.8 Å². The van der Waals surface area contributed by atoms with Crippen molar-refractivity contribution in [1.29, 1.82) is 0 Å². The number of anilines is 1. The van der Waals surface area contributed by atoms with Crippen molar-refractivity contribution in [2.45, 2.75) is 33.2 Å². The molecule has 9 heteroatoms. The normalized spacial score (nSPS) is 14.3. The van der Waals surface area contributed by atoms with E-state index in [4.69, 9.17) is 24.2 Å². The van der Waals surface area contributed by atoms with Crippen molar-refractivity contribution in [3.8, 4) is 11.5 Å². The minimum absolute atomic E-state index is 0.146. The van der Waals surface area contributed by atoms with E-state index >= 15 is 0 Å². The van der Waals surface area contributed by atoms with Crippen molar-refractivity contribution in [3.05, 3.63) is 57.9 Å². The molecule has 0 saturated carbocycles. The zero-order chi connectivity index (χ0) is 24.7. The maximum atomic E-state index is 14.0. The molecule has 0 spiro atoms. The number of fused-ring (bicyclic) bond motifs is 3. The number of ether oxygens (including phenoxy) is 3. The molecule has 0 unspecified atom stereocenters. The summed E-state index contributed by atoms with van der Waals surface area (Å²) in [7, 11) is 3.24.